The molecule has 1 N–H and O–H groups in total. The van der Waals surface area contributed by atoms with Crippen molar-refractivity contribution in [1.82, 2.24) is 9.88 Å². The van der Waals surface area contributed by atoms with E-state index in [1.807, 2.05) is 69.1 Å². The van der Waals surface area contributed by atoms with Crippen LogP contribution in [0.1, 0.15) is 36.8 Å². The number of aromatic nitrogens is 1. The van der Waals surface area contributed by atoms with Gasteiger partial charge in [0.1, 0.15) is 11.9 Å². The largest absolute Gasteiger partial charge is 0.469 e. The predicted octanol–water partition coefficient (Wildman–Crippen LogP) is 4.57. The van der Waals surface area contributed by atoms with Crippen LogP contribution in [0.4, 0.5) is 0 Å². The van der Waals surface area contributed by atoms with Gasteiger partial charge in [-0.2, -0.15) is 0 Å². The maximum absolute atomic E-state index is 8.24. The van der Waals surface area contributed by atoms with Gasteiger partial charge in [0.15, 0.2) is 0 Å². The molecule has 1 aromatic carbocycles. The minimum atomic E-state index is -0.0944. The van der Waals surface area contributed by atoms with E-state index in [4.69, 9.17) is 10.1 Å². The summed E-state index contributed by atoms with van der Waals surface area (Å²) >= 11 is 3.52. The van der Waals surface area contributed by atoms with Crippen molar-refractivity contribution in [3.63, 3.8) is 0 Å². The summed E-state index contributed by atoms with van der Waals surface area (Å²) in [5.41, 5.74) is 2.69. The summed E-state index contributed by atoms with van der Waals surface area (Å²) in [5.74, 6) is 1.01. The van der Waals surface area contributed by atoms with Crippen molar-refractivity contribution in [3.8, 4) is 5.88 Å². The first-order valence-corrected chi connectivity index (χ1v) is 8.42. The number of hydrogen-bond donors (Lipinski definition) is 1. The minimum absolute atomic E-state index is 0.0944. The standard InChI is InChI=1S/C18H22BrN3O/c1-5-22(4)17(20)15-11-16(19)18(21-12(15)2)23-13(3)14-9-7-6-8-10-14/h6-11,13,20H,5H2,1-4H3. The summed E-state index contributed by atoms with van der Waals surface area (Å²) in [6.07, 6.45) is -0.0944. The van der Waals surface area contributed by atoms with Gasteiger partial charge >= 0.3 is 0 Å². The molecule has 122 valence electrons. The Kier molecular flexibility index (Phi) is 5.77. The summed E-state index contributed by atoms with van der Waals surface area (Å²) < 4.78 is 6.75. The lowest BCUT2D eigenvalue weighted by molar-refractivity contribution is 0.215. The Hall–Kier alpha value is -1.88. The average molecular weight is 376 g/mol. The smallest absolute Gasteiger partial charge is 0.228 e. The molecule has 0 saturated carbocycles. The summed E-state index contributed by atoms with van der Waals surface area (Å²) in [4.78, 5) is 6.42. The van der Waals surface area contributed by atoms with Crippen LogP contribution in [0.2, 0.25) is 0 Å². The van der Waals surface area contributed by atoms with E-state index in [0.29, 0.717) is 11.7 Å². The van der Waals surface area contributed by atoms with E-state index in [2.05, 4.69) is 20.9 Å². The predicted molar refractivity (Wildman–Crippen MR) is 97.3 cm³/mol. The zero-order chi connectivity index (χ0) is 17.0. The Morgan fingerprint density at radius 2 is 2.00 bits per heavy atom. The van der Waals surface area contributed by atoms with Gasteiger partial charge in [-0.05, 0) is 48.3 Å². The Morgan fingerprint density at radius 1 is 1.35 bits per heavy atom. The molecule has 0 aliphatic carbocycles. The van der Waals surface area contributed by atoms with Crippen molar-refractivity contribution >= 4 is 21.8 Å². The van der Waals surface area contributed by atoms with E-state index in [-0.39, 0.29) is 6.10 Å². The van der Waals surface area contributed by atoms with E-state index in [9.17, 15) is 0 Å². The molecule has 5 heteroatoms. The highest BCUT2D eigenvalue weighted by molar-refractivity contribution is 9.10. The van der Waals surface area contributed by atoms with Crippen LogP contribution in [-0.2, 0) is 0 Å². The van der Waals surface area contributed by atoms with Gasteiger partial charge in [0, 0.05) is 19.2 Å². The number of benzene rings is 1. The average Bonchev–Trinajstić information content (AvgIpc) is 2.57. The van der Waals surface area contributed by atoms with Crippen LogP contribution in [0.5, 0.6) is 5.88 Å². The first-order chi connectivity index (χ1) is 10.9. The fourth-order valence-corrected chi connectivity index (χ4v) is 2.62. The van der Waals surface area contributed by atoms with E-state index in [0.717, 1.165) is 27.8 Å². The first kappa shape index (κ1) is 17.5. The molecule has 1 heterocycles. The molecule has 2 aromatic rings. The maximum atomic E-state index is 8.24. The lowest BCUT2D eigenvalue weighted by Crippen LogP contribution is -2.27. The minimum Gasteiger partial charge on any atom is -0.469 e. The molecule has 1 atom stereocenters. The Morgan fingerprint density at radius 3 is 2.61 bits per heavy atom. The maximum Gasteiger partial charge on any atom is 0.228 e. The zero-order valence-corrected chi connectivity index (χ0v) is 15.5. The highest BCUT2D eigenvalue weighted by atomic mass is 79.9. The highest BCUT2D eigenvalue weighted by Crippen LogP contribution is 2.29. The zero-order valence-electron chi connectivity index (χ0n) is 13.9. The third-order valence-corrected chi connectivity index (χ3v) is 4.37. The Labute approximate surface area is 146 Å². The van der Waals surface area contributed by atoms with Gasteiger partial charge in [-0.25, -0.2) is 4.98 Å². The van der Waals surface area contributed by atoms with Gasteiger partial charge in [-0.1, -0.05) is 30.3 Å². The Bertz CT molecular complexity index is 688. The number of rotatable bonds is 5. The fourth-order valence-electron chi connectivity index (χ4n) is 2.20. The van der Waals surface area contributed by atoms with Gasteiger partial charge < -0.3 is 9.64 Å². The number of nitrogens with zero attached hydrogens (tertiary/aromatic N) is 2. The molecule has 0 bridgehead atoms. The van der Waals surface area contributed by atoms with Gasteiger partial charge in [0.2, 0.25) is 5.88 Å². The summed E-state index contributed by atoms with van der Waals surface area (Å²) in [5, 5.41) is 8.24. The lowest BCUT2D eigenvalue weighted by Gasteiger charge is -2.21. The molecule has 4 nitrogen and oxygen atoms in total. The number of halogens is 1. The van der Waals surface area contributed by atoms with Gasteiger partial charge in [-0.15, -0.1) is 0 Å². The van der Waals surface area contributed by atoms with Crippen LogP contribution in [0.25, 0.3) is 0 Å². The number of amidine groups is 1. The second kappa shape index (κ2) is 7.59. The van der Waals surface area contributed by atoms with Crippen LogP contribution in [0.15, 0.2) is 40.9 Å². The van der Waals surface area contributed by atoms with Crippen molar-refractivity contribution in [3.05, 3.63) is 57.7 Å². The quantitative estimate of drug-likeness (QED) is 0.614. The summed E-state index contributed by atoms with van der Waals surface area (Å²) in [7, 11) is 1.90. The molecular weight excluding hydrogens is 354 g/mol. The lowest BCUT2D eigenvalue weighted by atomic mass is 10.1. The first-order valence-electron chi connectivity index (χ1n) is 7.62. The van der Waals surface area contributed by atoms with E-state index < -0.39 is 0 Å². The number of nitrogens with one attached hydrogen (secondary N) is 1. The van der Waals surface area contributed by atoms with Crippen molar-refractivity contribution in [2.75, 3.05) is 13.6 Å². The molecule has 0 aliphatic rings. The van der Waals surface area contributed by atoms with Crippen molar-refractivity contribution in [1.29, 1.82) is 5.41 Å². The summed E-state index contributed by atoms with van der Waals surface area (Å²) in [6, 6.07) is 11.9. The second-order valence-electron chi connectivity index (χ2n) is 5.44. The molecule has 0 spiro atoms. The van der Waals surface area contributed by atoms with Crippen LogP contribution < -0.4 is 4.74 Å². The third-order valence-electron chi connectivity index (χ3n) is 3.80. The van der Waals surface area contributed by atoms with Crippen LogP contribution in [0.3, 0.4) is 0 Å². The normalized spacial score (nSPS) is 11.9. The van der Waals surface area contributed by atoms with Crippen molar-refractivity contribution in [2.24, 2.45) is 0 Å². The van der Waals surface area contributed by atoms with Crippen LogP contribution in [0, 0.1) is 12.3 Å². The number of ether oxygens (including phenoxy) is 1. The van der Waals surface area contributed by atoms with E-state index in [1.54, 1.807) is 0 Å². The fraction of sp³-hybridized carbons (Fsp3) is 0.333. The number of aryl methyl sites for hydroxylation is 1. The van der Waals surface area contributed by atoms with Crippen LogP contribution in [-0.4, -0.2) is 29.3 Å². The van der Waals surface area contributed by atoms with Crippen molar-refractivity contribution < 1.29 is 4.74 Å². The second-order valence-corrected chi connectivity index (χ2v) is 6.30. The molecule has 0 saturated heterocycles. The number of hydrogen-bond acceptors (Lipinski definition) is 3. The molecular formula is C18H22BrN3O. The highest BCUT2D eigenvalue weighted by Gasteiger charge is 2.16. The molecule has 2 rings (SSSR count). The number of pyridine rings is 1. The topological polar surface area (TPSA) is 49.2 Å². The molecule has 1 aromatic heterocycles. The van der Waals surface area contributed by atoms with Gasteiger partial charge in [0.25, 0.3) is 0 Å². The molecule has 1 unspecified atom stereocenters. The van der Waals surface area contributed by atoms with Crippen molar-refractivity contribution in [2.45, 2.75) is 26.9 Å². The molecule has 0 aliphatic heterocycles. The molecule has 0 radical (unpaired) electrons. The van der Waals surface area contributed by atoms with E-state index >= 15 is 0 Å². The molecule has 0 amide bonds. The monoisotopic (exact) mass is 375 g/mol. The van der Waals surface area contributed by atoms with E-state index in [1.165, 1.54) is 0 Å². The SMILES string of the molecule is CCN(C)C(=N)c1cc(Br)c(OC(C)c2ccccc2)nc1C. The van der Waals surface area contributed by atoms with Gasteiger partial charge in [-0.3, -0.25) is 5.41 Å². The van der Waals surface area contributed by atoms with Crippen LogP contribution >= 0.6 is 15.9 Å². The van der Waals surface area contributed by atoms with Gasteiger partial charge in [0.05, 0.1) is 10.2 Å². The summed E-state index contributed by atoms with van der Waals surface area (Å²) in [6.45, 7) is 6.70. The Balaban J connectivity index is 2.25. The third kappa shape index (κ3) is 4.10. The molecule has 23 heavy (non-hydrogen) atoms. The molecule has 0 fully saturated rings.